The molecule has 1 aliphatic carbocycles. The summed E-state index contributed by atoms with van der Waals surface area (Å²) in [5.41, 5.74) is 3.07. The highest BCUT2D eigenvalue weighted by atomic mass is 32.2. The molecule has 0 radical (unpaired) electrons. The Morgan fingerprint density at radius 2 is 2.03 bits per heavy atom. The summed E-state index contributed by atoms with van der Waals surface area (Å²) >= 11 is 1.25. The van der Waals surface area contributed by atoms with Gasteiger partial charge in [0, 0.05) is 12.3 Å². The molecule has 1 aliphatic heterocycles. The van der Waals surface area contributed by atoms with Crippen LogP contribution in [0.1, 0.15) is 54.0 Å². The molecule has 29 heavy (non-hydrogen) atoms. The molecule has 0 saturated heterocycles. The number of hydrazone groups is 1. The topological polar surface area (TPSA) is 84.7 Å². The van der Waals surface area contributed by atoms with E-state index in [0.717, 1.165) is 29.9 Å². The van der Waals surface area contributed by atoms with Gasteiger partial charge in [-0.1, -0.05) is 41.6 Å². The second kappa shape index (κ2) is 7.51. The van der Waals surface area contributed by atoms with Crippen molar-refractivity contribution < 1.29 is 13.6 Å². The van der Waals surface area contributed by atoms with Crippen molar-refractivity contribution in [3.63, 3.8) is 0 Å². The molecule has 0 spiro atoms. The van der Waals surface area contributed by atoms with E-state index in [9.17, 15) is 4.79 Å². The number of carbonyl (C=O) groups excluding carboxylic acids is 1. The molecule has 0 unspecified atom stereocenters. The van der Waals surface area contributed by atoms with Gasteiger partial charge in [0.25, 0.3) is 11.1 Å². The lowest BCUT2D eigenvalue weighted by Crippen LogP contribution is -2.28. The maximum Gasteiger partial charge on any atom is 0.277 e. The van der Waals surface area contributed by atoms with Crippen LogP contribution < -0.4 is 0 Å². The summed E-state index contributed by atoms with van der Waals surface area (Å²) in [7, 11) is 0. The monoisotopic (exact) mass is 408 g/mol. The first kappa shape index (κ1) is 18.2. The Hall–Kier alpha value is -2.87. The third kappa shape index (κ3) is 3.85. The van der Waals surface area contributed by atoms with Crippen LogP contribution in [0.2, 0.25) is 0 Å². The van der Waals surface area contributed by atoms with Crippen LogP contribution in [-0.2, 0) is 4.79 Å². The van der Waals surface area contributed by atoms with Crippen molar-refractivity contribution in [1.29, 1.82) is 0 Å². The van der Waals surface area contributed by atoms with E-state index in [1.165, 1.54) is 22.3 Å². The van der Waals surface area contributed by atoms with Gasteiger partial charge in [-0.05, 0) is 37.5 Å². The van der Waals surface area contributed by atoms with Crippen LogP contribution >= 0.6 is 11.8 Å². The number of aromatic nitrogens is 2. The molecule has 0 N–H and O–H groups in total. The highest BCUT2D eigenvalue weighted by molar-refractivity contribution is 7.99. The van der Waals surface area contributed by atoms with Gasteiger partial charge in [-0.3, -0.25) is 4.79 Å². The molecule has 1 fully saturated rings. The van der Waals surface area contributed by atoms with Gasteiger partial charge < -0.3 is 8.83 Å². The van der Waals surface area contributed by atoms with E-state index in [1.54, 1.807) is 6.26 Å². The number of furan rings is 1. The average molecular weight is 408 g/mol. The number of rotatable bonds is 6. The first-order valence-corrected chi connectivity index (χ1v) is 10.6. The van der Waals surface area contributed by atoms with Gasteiger partial charge in [0.1, 0.15) is 11.8 Å². The predicted octanol–water partition coefficient (Wildman–Crippen LogP) is 4.32. The van der Waals surface area contributed by atoms with Crippen LogP contribution in [0.5, 0.6) is 0 Å². The third-order valence-electron chi connectivity index (χ3n) is 5.09. The molecular weight excluding hydrogens is 388 g/mol. The maximum absolute atomic E-state index is 13.0. The second-order valence-electron chi connectivity index (χ2n) is 7.36. The number of aryl methyl sites for hydroxylation is 1. The van der Waals surface area contributed by atoms with Crippen LogP contribution in [0.15, 0.2) is 61.8 Å². The van der Waals surface area contributed by atoms with Crippen molar-refractivity contribution in [2.24, 2.45) is 5.10 Å². The Bertz CT molecular complexity index is 1040. The van der Waals surface area contributed by atoms with Gasteiger partial charge in [-0.25, -0.2) is 5.01 Å². The highest BCUT2D eigenvalue weighted by Crippen LogP contribution is 2.40. The van der Waals surface area contributed by atoms with Crippen LogP contribution in [-0.4, -0.2) is 32.6 Å². The summed E-state index contributed by atoms with van der Waals surface area (Å²) in [6, 6.07) is 11.6. The number of hydrogen-bond donors (Lipinski definition) is 0. The number of thioether (sulfide) groups is 1. The fourth-order valence-electron chi connectivity index (χ4n) is 3.33. The zero-order chi connectivity index (χ0) is 19.8. The van der Waals surface area contributed by atoms with Crippen molar-refractivity contribution in [2.45, 2.75) is 43.4 Å². The molecule has 2 aliphatic rings. The summed E-state index contributed by atoms with van der Waals surface area (Å²) in [5, 5.41) is 14.7. The van der Waals surface area contributed by atoms with Gasteiger partial charge >= 0.3 is 0 Å². The largest absolute Gasteiger partial charge is 0.467 e. The summed E-state index contributed by atoms with van der Waals surface area (Å²) in [6.45, 7) is 2.05. The molecule has 0 bridgehead atoms. The van der Waals surface area contributed by atoms with Gasteiger partial charge in [-0.2, -0.15) is 5.10 Å². The highest BCUT2D eigenvalue weighted by Gasteiger charge is 2.35. The van der Waals surface area contributed by atoms with Crippen molar-refractivity contribution in [1.82, 2.24) is 15.2 Å². The molecule has 1 atom stereocenters. The van der Waals surface area contributed by atoms with Crippen LogP contribution in [0.25, 0.3) is 0 Å². The van der Waals surface area contributed by atoms with E-state index in [-0.39, 0.29) is 17.7 Å². The lowest BCUT2D eigenvalue weighted by molar-refractivity contribution is -0.130. The molecule has 148 valence electrons. The number of benzene rings is 1. The Kier molecular flexibility index (Phi) is 4.71. The van der Waals surface area contributed by atoms with Crippen LogP contribution in [0.4, 0.5) is 0 Å². The molecule has 8 heteroatoms. The van der Waals surface area contributed by atoms with Crippen molar-refractivity contribution >= 4 is 23.4 Å². The number of nitrogens with zero attached hydrogens (tertiary/aromatic N) is 4. The molecular formula is C21H20N4O3S. The molecule has 1 amide bonds. The van der Waals surface area contributed by atoms with Crippen molar-refractivity contribution in [3.8, 4) is 0 Å². The Morgan fingerprint density at radius 1 is 1.21 bits per heavy atom. The average Bonchev–Trinajstić information content (AvgIpc) is 3.16. The maximum atomic E-state index is 13.0. The van der Waals surface area contributed by atoms with Gasteiger partial charge in [0.2, 0.25) is 5.89 Å². The second-order valence-corrected chi connectivity index (χ2v) is 8.28. The number of amides is 1. The molecule has 3 aromatic rings. The fourth-order valence-corrected chi connectivity index (χ4v) is 3.95. The third-order valence-corrected chi connectivity index (χ3v) is 5.89. The minimum absolute atomic E-state index is 0.121. The predicted molar refractivity (Wildman–Crippen MR) is 108 cm³/mol. The summed E-state index contributed by atoms with van der Waals surface area (Å²) in [6.07, 6.45) is 4.43. The van der Waals surface area contributed by atoms with Gasteiger partial charge in [0.05, 0.1) is 17.7 Å². The molecule has 2 aromatic heterocycles. The van der Waals surface area contributed by atoms with E-state index in [4.69, 9.17) is 8.83 Å². The van der Waals surface area contributed by atoms with Crippen LogP contribution in [0.3, 0.4) is 0 Å². The van der Waals surface area contributed by atoms with E-state index in [0.29, 0.717) is 23.5 Å². The molecule has 1 saturated carbocycles. The number of hydrogen-bond acceptors (Lipinski definition) is 7. The lowest BCUT2D eigenvalue weighted by atomic mass is 10.0. The molecule has 5 rings (SSSR count). The summed E-state index contributed by atoms with van der Waals surface area (Å²) in [4.78, 5) is 13.0. The van der Waals surface area contributed by atoms with E-state index >= 15 is 0 Å². The van der Waals surface area contributed by atoms with Crippen molar-refractivity contribution in [2.75, 3.05) is 5.75 Å². The zero-order valence-corrected chi connectivity index (χ0v) is 16.8. The minimum atomic E-state index is -0.251. The van der Waals surface area contributed by atoms with E-state index in [1.807, 2.05) is 43.3 Å². The zero-order valence-electron chi connectivity index (χ0n) is 15.9. The first-order chi connectivity index (χ1) is 14.2. The lowest BCUT2D eigenvalue weighted by Gasteiger charge is -2.19. The number of carbonyl (C=O) groups is 1. The Morgan fingerprint density at radius 3 is 2.76 bits per heavy atom. The normalized spacial score (nSPS) is 18.9. The molecule has 1 aromatic carbocycles. The smallest absolute Gasteiger partial charge is 0.277 e. The fraction of sp³-hybridized carbons (Fsp3) is 0.333. The summed E-state index contributed by atoms with van der Waals surface area (Å²) in [5.74, 6) is 1.85. The van der Waals surface area contributed by atoms with E-state index in [2.05, 4.69) is 15.3 Å². The molecule has 7 nitrogen and oxygen atoms in total. The first-order valence-electron chi connectivity index (χ1n) is 9.63. The molecule has 3 heterocycles. The van der Waals surface area contributed by atoms with Gasteiger partial charge in [0.15, 0.2) is 0 Å². The van der Waals surface area contributed by atoms with Crippen molar-refractivity contribution in [3.05, 3.63) is 65.4 Å². The van der Waals surface area contributed by atoms with Crippen LogP contribution in [0, 0.1) is 6.92 Å². The van der Waals surface area contributed by atoms with E-state index < -0.39 is 0 Å². The Balaban J connectivity index is 1.33. The standard InChI is InChI=1S/C21H20N4O3S/c1-13-4-6-14(7-5-13)16-11-17(18-3-2-10-27-18)25(24-16)19(26)12-29-21-23-22-20(28-21)15-8-9-15/h2-7,10,15,17H,8-9,11-12H2,1H3/t17-/m1/s1. The Labute approximate surface area is 172 Å². The minimum Gasteiger partial charge on any atom is -0.467 e. The SMILES string of the molecule is Cc1ccc(C2=NN(C(=O)CSc3nnc(C4CC4)o3)[C@@H](c3ccco3)C2)cc1. The quantitative estimate of drug-likeness (QED) is 0.565. The summed E-state index contributed by atoms with van der Waals surface area (Å²) < 4.78 is 11.2. The van der Waals surface area contributed by atoms with Gasteiger partial charge in [-0.15, -0.1) is 10.2 Å².